The van der Waals surface area contributed by atoms with Crippen LogP contribution in [-0.4, -0.2) is 28.9 Å². The molecule has 0 fully saturated rings. The van der Waals surface area contributed by atoms with Gasteiger partial charge in [0.15, 0.2) is 0 Å². The van der Waals surface area contributed by atoms with Gasteiger partial charge in [0.05, 0.1) is 12.1 Å². The number of hydroxylamine groups is 1. The predicted molar refractivity (Wildman–Crippen MR) is 79.8 cm³/mol. The fourth-order valence-corrected chi connectivity index (χ4v) is 1.95. The summed E-state index contributed by atoms with van der Waals surface area (Å²) in [5.41, 5.74) is 6.03. The van der Waals surface area contributed by atoms with E-state index in [1.165, 1.54) is 0 Å². The van der Waals surface area contributed by atoms with Gasteiger partial charge in [-0.15, -0.1) is 12.4 Å². The minimum atomic E-state index is -0.960. The van der Waals surface area contributed by atoms with Crippen LogP contribution in [0.4, 0.5) is 5.69 Å². The Morgan fingerprint density at radius 1 is 1.37 bits per heavy atom. The number of carboxylic acids is 1. The molecule has 1 aromatic carbocycles. The molecule has 110 valence electrons. The first-order valence-electron chi connectivity index (χ1n) is 5.28. The number of carbonyl (C=O) groups is 1. The molecule has 1 aromatic rings. The second-order valence-corrected chi connectivity index (χ2v) is 4.77. The summed E-state index contributed by atoms with van der Waals surface area (Å²) < 4.78 is 0. The second-order valence-electron chi connectivity index (χ2n) is 3.90. The number of aliphatic carboxylic acids is 1. The van der Waals surface area contributed by atoms with Crippen LogP contribution < -0.4 is 10.8 Å². The maximum absolute atomic E-state index is 10.4. The standard InChI is InChI=1S/C11H14Cl2N2O3.ClH.H2/c12-7-3-8(13)5-10(4-7)15(18)2-1-9(14)6-11(16)17;;/h3-5,9,18H,1-2,6,14H2,(H,16,17);2*1H. The lowest BCUT2D eigenvalue weighted by Gasteiger charge is -2.19. The Kier molecular flexibility index (Phi) is 8.13. The number of nitrogens with two attached hydrogens (primary N) is 1. The molecule has 8 heteroatoms. The van der Waals surface area contributed by atoms with Crippen LogP contribution in [0.3, 0.4) is 0 Å². The summed E-state index contributed by atoms with van der Waals surface area (Å²) in [6.07, 6.45) is 0.205. The minimum Gasteiger partial charge on any atom is -0.481 e. The summed E-state index contributed by atoms with van der Waals surface area (Å²) in [6.45, 7) is 0.200. The molecule has 1 atom stereocenters. The van der Waals surface area contributed by atoms with E-state index in [0.29, 0.717) is 22.2 Å². The van der Waals surface area contributed by atoms with E-state index >= 15 is 0 Å². The predicted octanol–water partition coefficient (Wildman–Crippen LogP) is 3.05. The van der Waals surface area contributed by atoms with E-state index in [9.17, 15) is 10.0 Å². The largest absolute Gasteiger partial charge is 0.481 e. The highest BCUT2D eigenvalue weighted by atomic mass is 35.5. The van der Waals surface area contributed by atoms with E-state index in [-0.39, 0.29) is 26.8 Å². The molecule has 0 saturated heterocycles. The fourth-order valence-electron chi connectivity index (χ4n) is 1.43. The fraction of sp³-hybridized carbons (Fsp3) is 0.364. The molecule has 0 aromatic heterocycles. The third-order valence-electron chi connectivity index (χ3n) is 2.29. The van der Waals surface area contributed by atoms with E-state index in [0.717, 1.165) is 5.06 Å². The van der Waals surface area contributed by atoms with Gasteiger partial charge >= 0.3 is 5.97 Å². The zero-order valence-electron chi connectivity index (χ0n) is 9.92. The summed E-state index contributed by atoms with van der Waals surface area (Å²) in [7, 11) is 0. The van der Waals surface area contributed by atoms with Crippen molar-refractivity contribution in [1.29, 1.82) is 0 Å². The molecule has 5 nitrogen and oxygen atoms in total. The van der Waals surface area contributed by atoms with Crippen LogP contribution in [0.1, 0.15) is 14.3 Å². The SMILES string of the molecule is Cl.NC(CCN(O)c1cc(Cl)cc(Cl)c1)CC(=O)O.[HH]. The third kappa shape index (κ3) is 6.84. The Bertz CT molecular complexity index is 417. The number of benzene rings is 1. The van der Waals surface area contributed by atoms with Gasteiger partial charge in [0.25, 0.3) is 0 Å². The topological polar surface area (TPSA) is 86.8 Å². The summed E-state index contributed by atoms with van der Waals surface area (Å²) >= 11 is 11.6. The molecule has 0 spiro atoms. The first-order valence-corrected chi connectivity index (χ1v) is 6.04. The minimum absolute atomic E-state index is 0. The highest BCUT2D eigenvalue weighted by molar-refractivity contribution is 6.35. The normalized spacial score (nSPS) is 11.6. The first kappa shape index (κ1) is 18.3. The lowest BCUT2D eigenvalue weighted by atomic mass is 10.1. The number of halogens is 3. The highest BCUT2D eigenvalue weighted by Gasteiger charge is 2.11. The molecule has 1 unspecified atom stereocenters. The molecule has 0 amide bonds. The monoisotopic (exact) mass is 330 g/mol. The zero-order chi connectivity index (χ0) is 13.7. The average molecular weight is 332 g/mol. The first-order chi connectivity index (χ1) is 8.38. The van der Waals surface area contributed by atoms with Crippen molar-refractivity contribution in [3.63, 3.8) is 0 Å². The van der Waals surface area contributed by atoms with Gasteiger partial charge in [-0.1, -0.05) is 23.2 Å². The van der Waals surface area contributed by atoms with E-state index in [4.69, 9.17) is 34.0 Å². The van der Waals surface area contributed by atoms with Crippen LogP contribution in [0.5, 0.6) is 0 Å². The second kappa shape index (κ2) is 8.45. The zero-order valence-corrected chi connectivity index (χ0v) is 12.3. The molecule has 0 aliphatic carbocycles. The van der Waals surface area contributed by atoms with E-state index in [2.05, 4.69) is 0 Å². The van der Waals surface area contributed by atoms with E-state index < -0.39 is 12.0 Å². The van der Waals surface area contributed by atoms with Crippen LogP contribution >= 0.6 is 35.6 Å². The lowest BCUT2D eigenvalue weighted by molar-refractivity contribution is -0.137. The molecular formula is C11H17Cl3N2O3. The van der Waals surface area contributed by atoms with E-state index in [1.807, 2.05) is 0 Å². The summed E-state index contributed by atoms with van der Waals surface area (Å²) in [5.74, 6) is -0.960. The Labute approximate surface area is 128 Å². The molecule has 0 heterocycles. The number of nitrogens with zero attached hydrogens (tertiary/aromatic N) is 1. The maximum atomic E-state index is 10.4. The van der Waals surface area contributed by atoms with Crippen LogP contribution in [0.2, 0.25) is 10.0 Å². The van der Waals surface area contributed by atoms with Crippen molar-refractivity contribution in [3.05, 3.63) is 28.2 Å². The molecule has 1 rings (SSSR count). The smallest absolute Gasteiger partial charge is 0.304 e. The van der Waals surface area contributed by atoms with Crippen molar-refractivity contribution in [2.45, 2.75) is 18.9 Å². The van der Waals surface area contributed by atoms with Crippen molar-refractivity contribution in [3.8, 4) is 0 Å². The molecule has 0 bridgehead atoms. The Hall–Kier alpha value is -0.720. The van der Waals surface area contributed by atoms with Crippen molar-refractivity contribution in [2.24, 2.45) is 5.73 Å². The van der Waals surface area contributed by atoms with E-state index in [1.54, 1.807) is 18.2 Å². The number of anilines is 1. The van der Waals surface area contributed by atoms with Crippen molar-refractivity contribution >= 4 is 47.3 Å². The average Bonchev–Trinajstić information content (AvgIpc) is 2.23. The maximum Gasteiger partial charge on any atom is 0.304 e. The Morgan fingerprint density at radius 3 is 2.37 bits per heavy atom. The quantitative estimate of drug-likeness (QED) is 0.697. The number of hydrogen-bond donors (Lipinski definition) is 3. The van der Waals surface area contributed by atoms with Gasteiger partial charge in [-0.25, -0.2) is 0 Å². The Morgan fingerprint density at radius 2 is 1.89 bits per heavy atom. The molecule has 0 radical (unpaired) electrons. The molecule has 0 aliphatic rings. The molecular weight excluding hydrogens is 314 g/mol. The summed E-state index contributed by atoms with van der Waals surface area (Å²) in [4.78, 5) is 10.4. The van der Waals surface area contributed by atoms with Gasteiger partial charge in [-0.2, -0.15) is 0 Å². The van der Waals surface area contributed by atoms with Crippen molar-refractivity contribution < 1.29 is 16.5 Å². The summed E-state index contributed by atoms with van der Waals surface area (Å²) in [6, 6.07) is 4.15. The number of rotatable bonds is 6. The molecule has 4 N–H and O–H groups in total. The Balaban J connectivity index is 0. The van der Waals surface area contributed by atoms with Crippen LogP contribution in [0.15, 0.2) is 18.2 Å². The van der Waals surface area contributed by atoms with Gasteiger partial charge in [0.2, 0.25) is 0 Å². The number of carboxylic acid groups (broad SMARTS) is 1. The molecule has 19 heavy (non-hydrogen) atoms. The van der Waals surface area contributed by atoms with Gasteiger partial charge in [0, 0.05) is 24.1 Å². The highest BCUT2D eigenvalue weighted by Crippen LogP contribution is 2.24. The third-order valence-corrected chi connectivity index (χ3v) is 2.73. The molecule has 0 aliphatic heterocycles. The summed E-state index contributed by atoms with van der Waals surface area (Å²) in [5, 5.41) is 20.1. The van der Waals surface area contributed by atoms with Crippen LogP contribution in [0.25, 0.3) is 0 Å². The van der Waals surface area contributed by atoms with Gasteiger partial charge in [-0.05, 0) is 24.6 Å². The van der Waals surface area contributed by atoms with Gasteiger partial charge < -0.3 is 10.8 Å². The lowest BCUT2D eigenvalue weighted by Crippen LogP contribution is -2.30. The van der Waals surface area contributed by atoms with Gasteiger partial charge in [-0.3, -0.25) is 15.1 Å². The van der Waals surface area contributed by atoms with Crippen molar-refractivity contribution in [2.75, 3.05) is 11.6 Å². The van der Waals surface area contributed by atoms with Crippen LogP contribution in [0, 0.1) is 0 Å². The van der Waals surface area contributed by atoms with Crippen molar-refractivity contribution in [1.82, 2.24) is 0 Å². The van der Waals surface area contributed by atoms with Gasteiger partial charge in [0.1, 0.15) is 0 Å². The number of hydrogen-bond acceptors (Lipinski definition) is 4. The van der Waals surface area contributed by atoms with Crippen LogP contribution in [-0.2, 0) is 4.79 Å². The molecule has 0 saturated carbocycles.